The van der Waals surface area contributed by atoms with Gasteiger partial charge in [0.15, 0.2) is 0 Å². The fourth-order valence-corrected chi connectivity index (χ4v) is 5.84. The number of amides is 1. The second kappa shape index (κ2) is 13.0. The van der Waals surface area contributed by atoms with Gasteiger partial charge in [-0.3, -0.25) is 4.79 Å². The van der Waals surface area contributed by atoms with E-state index in [4.69, 9.17) is 9.72 Å². The monoisotopic (exact) mass is 556 g/mol. The summed E-state index contributed by atoms with van der Waals surface area (Å²) < 4.78 is 50.6. The molecule has 1 aromatic heterocycles. The standard InChI is InChI=1S/C30H35F3N4O3/c31-22-6-7-25(32)23(12-22)27-17-37(16-19-4-2-1-3-5-19)29(36-27)28(20-8-10-40-11-9-20)24(18-38)30(39)35-14-21-13-34-15-26(21)33/h1-7,12,17,20-21,24,26,28,34,38H,8-11,13-16,18H2,(H,35,39)/t21-,24?,26-,28+/m0/s1. The van der Waals surface area contributed by atoms with Crippen molar-refractivity contribution in [3.05, 3.63) is 77.8 Å². The number of alkyl halides is 1. The molecule has 0 bridgehead atoms. The number of aliphatic hydroxyl groups is 1. The van der Waals surface area contributed by atoms with Gasteiger partial charge in [0.05, 0.1) is 18.2 Å². The molecule has 2 aliphatic heterocycles. The van der Waals surface area contributed by atoms with E-state index in [-0.39, 0.29) is 42.1 Å². The summed E-state index contributed by atoms with van der Waals surface area (Å²) in [5.41, 5.74) is 1.23. The minimum Gasteiger partial charge on any atom is -0.396 e. The number of hydrogen-bond donors (Lipinski definition) is 3. The molecule has 40 heavy (non-hydrogen) atoms. The van der Waals surface area contributed by atoms with Gasteiger partial charge in [-0.1, -0.05) is 30.3 Å². The van der Waals surface area contributed by atoms with Crippen LogP contribution < -0.4 is 10.6 Å². The van der Waals surface area contributed by atoms with Gasteiger partial charge in [0.2, 0.25) is 5.91 Å². The average Bonchev–Trinajstić information content (AvgIpc) is 3.58. The number of aromatic nitrogens is 2. The Bertz CT molecular complexity index is 1280. The molecule has 3 N–H and O–H groups in total. The highest BCUT2D eigenvalue weighted by molar-refractivity contribution is 5.80. The lowest BCUT2D eigenvalue weighted by Gasteiger charge is -2.34. The van der Waals surface area contributed by atoms with Crippen LogP contribution in [0.3, 0.4) is 0 Å². The molecule has 2 aromatic carbocycles. The molecular formula is C30H35F3N4O3. The van der Waals surface area contributed by atoms with Crippen molar-refractivity contribution in [1.82, 2.24) is 20.2 Å². The Morgan fingerprint density at radius 1 is 1.15 bits per heavy atom. The van der Waals surface area contributed by atoms with Gasteiger partial charge in [0.1, 0.15) is 23.6 Å². The van der Waals surface area contributed by atoms with Crippen molar-refractivity contribution in [3.8, 4) is 11.3 Å². The number of halogens is 3. The summed E-state index contributed by atoms with van der Waals surface area (Å²) in [4.78, 5) is 18.4. The van der Waals surface area contributed by atoms with Crippen LogP contribution in [0.5, 0.6) is 0 Å². The summed E-state index contributed by atoms with van der Waals surface area (Å²) in [7, 11) is 0. The molecule has 1 amide bonds. The molecule has 4 atom stereocenters. The first-order valence-corrected chi connectivity index (χ1v) is 13.8. The third-order valence-corrected chi connectivity index (χ3v) is 8.04. The normalized spacial score (nSPS) is 21.3. The molecule has 2 fully saturated rings. The third-order valence-electron chi connectivity index (χ3n) is 8.04. The maximum atomic E-state index is 14.8. The number of ether oxygens (including phenoxy) is 1. The average molecular weight is 557 g/mol. The Kier molecular flexibility index (Phi) is 9.18. The molecule has 10 heteroatoms. The van der Waals surface area contributed by atoms with Gasteiger partial charge >= 0.3 is 0 Å². The van der Waals surface area contributed by atoms with Crippen molar-refractivity contribution in [2.75, 3.05) is 39.5 Å². The number of carbonyl (C=O) groups is 1. The second-order valence-corrected chi connectivity index (χ2v) is 10.7. The molecule has 2 aliphatic rings. The first kappa shape index (κ1) is 28.3. The predicted octanol–water partition coefficient (Wildman–Crippen LogP) is 3.67. The summed E-state index contributed by atoms with van der Waals surface area (Å²) >= 11 is 0. The van der Waals surface area contributed by atoms with Crippen molar-refractivity contribution in [3.63, 3.8) is 0 Å². The highest BCUT2D eigenvalue weighted by Gasteiger charge is 2.40. The first-order valence-electron chi connectivity index (χ1n) is 13.8. The van der Waals surface area contributed by atoms with Gasteiger partial charge in [-0.25, -0.2) is 18.2 Å². The summed E-state index contributed by atoms with van der Waals surface area (Å²) in [6, 6.07) is 12.9. The number of carbonyl (C=O) groups excluding carboxylic acids is 1. The molecule has 2 saturated heterocycles. The van der Waals surface area contributed by atoms with Gasteiger partial charge in [0, 0.05) is 63.0 Å². The maximum Gasteiger partial charge on any atom is 0.226 e. The first-order chi connectivity index (χ1) is 19.4. The van der Waals surface area contributed by atoms with E-state index in [2.05, 4.69) is 10.6 Å². The third kappa shape index (κ3) is 6.40. The van der Waals surface area contributed by atoms with E-state index in [0.29, 0.717) is 45.0 Å². The van der Waals surface area contributed by atoms with Gasteiger partial charge in [-0.05, 0) is 42.5 Å². The second-order valence-electron chi connectivity index (χ2n) is 10.7. The number of nitrogens with zero attached hydrogens (tertiary/aromatic N) is 2. The van der Waals surface area contributed by atoms with Crippen LogP contribution in [0.2, 0.25) is 0 Å². The van der Waals surface area contributed by atoms with Crippen molar-refractivity contribution < 1.29 is 27.8 Å². The predicted molar refractivity (Wildman–Crippen MR) is 144 cm³/mol. The van der Waals surface area contributed by atoms with E-state index in [1.807, 2.05) is 34.9 Å². The van der Waals surface area contributed by atoms with Crippen LogP contribution >= 0.6 is 0 Å². The summed E-state index contributed by atoms with van der Waals surface area (Å²) in [6.07, 6.45) is 1.93. The molecule has 3 aromatic rings. The molecule has 0 aliphatic carbocycles. The van der Waals surface area contributed by atoms with Crippen LogP contribution in [-0.4, -0.2) is 66.2 Å². The molecule has 7 nitrogen and oxygen atoms in total. The Hall–Kier alpha value is -3.21. The van der Waals surface area contributed by atoms with Gasteiger partial charge in [-0.15, -0.1) is 0 Å². The zero-order chi connectivity index (χ0) is 28.1. The SMILES string of the molecule is O=C(NC[C@@H]1CNC[C@@H]1F)C(CO)[C@H](c1nc(-c2cc(F)ccc2F)cn1Cc1ccccc1)C1CCOCC1. The van der Waals surface area contributed by atoms with Crippen LogP contribution in [0.1, 0.15) is 30.1 Å². The fourth-order valence-electron chi connectivity index (χ4n) is 5.84. The summed E-state index contributed by atoms with van der Waals surface area (Å²) in [5.74, 6) is -2.88. The minimum atomic E-state index is -1.05. The van der Waals surface area contributed by atoms with E-state index < -0.39 is 36.2 Å². The Labute approximate surface area is 231 Å². The lowest BCUT2D eigenvalue weighted by Crippen LogP contribution is -2.43. The van der Waals surface area contributed by atoms with Crippen LogP contribution in [0.4, 0.5) is 13.2 Å². The minimum absolute atomic E-state index is 0.0199. The van der Waals surface area contributed by atoms with E-state index in [9.17, 15) is 23.1 Å². The Morgan fingerprint density at radius 2 is 1.93 bits per heavy atom. The van der Waals surface area contributed by atoms with Crippen LogP contribution in [0, 0.1) is 29.4 Å². The highest BCUT2D eigenvalue weighted by atomic mass is 19.1. The molecule has 5 rings (SSSR count). The van der Waals surface area contributed by atoms with Gasteiger partial charge < -0.3 is 25.0 Å². The quantitative estimate of drug-likeness (QED) is 0.355. The fraction of sp³-hybridized carbons (Fsp3) is 0.467. The van der Waals surface area contributed by atoms with E-state index >= 15 is 0 Å². The smallest absolute Gasteiger partial charge is 0.226 e. The van der Waals surface area contributed by atoms with Gasteiger partial charge in [-0.2, -0.15) is 0 Å². The summed E-state index contributed by atoms with van der Waals surface area (Å²) in [6.45, 7) is 1.83. The zero-order valence-corrected chi connectivity index (χ0v) is 22.2. The lowest BCUT2D eigenvalue weighted by molar-refractivity contribution is -0.128. The lowest BCUT2D eigenvalue weighted by atomic mass is 9.76. The van der Waals surface area contributed by atoms with Gasteiger partial charge in [0.25, 0.3) is 0 Å². The largest absolute Gasteiger partial charge is 0.396 e. The van der Waals surface area contributed by atoms with E-state index in [0.717, 1.165) is 23.8 Å². The number of hydrogen-bond acceptors (Lipinski definition) is 5. The van der Waals surface area contributed by atoms with Crippen LogP contribution in [0.25, 0.3) is 11.3 Å². The van der Waals surface area contributed by atoms with Crippen molar-refractivity contribution in [2.45, 2.75) is 31.5 Å². The van der Waals surface area contributed by atoms with E-state index in [1.165, 1.54) is 0 Å². The number of nitrogens with one attached hydrogen (secondary N) is 2. The number of aliphatic hydroxyl groups excluding tert-OH is 1. The number of rotatable bonds is 10. The number of imidazole rings is 1. The topological polar surface area (TPSA) is 88.4 Å². The van der Waals surface area contributed by atoms with Crippen LogP contribution in [-0.2, 0) is 16.1 Å². The Balaban J connectivity index is 1.54. The zero-order valence-electron chi connectivity index (χ0n) is 22.2. The maximum absolute atomic E-state index is 14.8. The molecule has 214 valence electrons. The molecular weight excluding hydrogens is 521 g/mol. The number of benzene rings is 2. The molecule has 0 radical (unpaired) electrons. The van der Waals surface area contributed by atoms with Crippen molar-refractivity contribution in [1.29, 1.82) is 0 Å². The Morgan fingerprint density at radius 3 is 2.62 bits per heavy atom. The molecule has 1 unspecified atom stereocenters. The summed E-state index contributed by atoms with van der Waals surface area (Å²) in [5, 5.41) is 16.4. The molecule has 0 spiro atoms. The molecule has 0 saturated carbocycles. The van der Waals surface area contributed by atoms with Crippen LogP contribution in [0.15, 0.2) is 54.7 Å². The van der Waals surface area contributed by atoms with Crippen molar-refractivity contribution >= 4 is 5.91 Å². The molecule has 3 heterocycles. The van der Waals surface area contributed by atoms with Crippen molar-refractivity contribution in [2.24, 2.45) is 17.8 Å². The van der Waals surface area contributed by atoms with E-state index in [1.54, 1.807) is 6.20 Å². The highest BCUT2D eigenvalue weighted by Crippen LogP contribution is 2.39.